The molecule has 2 saturated heterocycles. The third kappa shape index (κ3) is 4.20. The van der Waals surface area contributed by atoms with Crippen molar-refractivity contribution >= 4 is 11.7 Å². The molecular weight excluding hydrogens is 292 g/mol. The standard InChI is InChI=1S/C17H26N4O2/c1-13-3-4-16(14(2)18-13)19-17(22)21-6-5-15(12-21)11-20-7-9-23-10-8-20/h3-4,15H,5-12H2,1-2H3,(H,19,22)/t15-/m0/s1. The molecule has 3 heterocycles. The lowest BCUT2D eigenvalue weighted by Crippen LogP contribution is -2.40. The Morgan fingerprint density at radius 2 is 2.09 bits per heavy atom. The number of hydrogen-bond donors (Lipinski definition) is 1. The van der Waals surface area contributed by atoms with Crippen molar-refractivity contribution in [2.75, 3.05) is 51.3 Å². The highest BCUT2D eigenvalue weighted by molar-refractivity contribution is 5.90. The quantitative estimate of drug-likeness (QED) is 0.924. The molecule has 1 N–H and O–H groups in total. The van der Waals surface area contributed by atoms with Crippen LogP contribution in [0.2, 0.25) is 0 Å². The van der Waals surface area contributed by atoms with Crippen LogP contribution in [0.25, 0.3) is 0 Å². The van der Waals surface area contributed by atoms with Crippen LogP contribution >= 0.6 is 0 Å². The Morgan fingerprint density at radius 1 is 1.30 bits per heavy atom. The smallest absolute Gasteiger partial charge is 0.321 e. The topological polar surface area (TPSA) is 57.7 Å². The SMILES string of the molecule is Cc1ccc(NC(=O)N2CC[C@@H](CN3CCOCC3)C2)c(C)n1. The molecule has 6 nitrogen and oxygen atoms in total. The second kappa shape index (κ2) is 7.27. The molecule has 0 unspecified atom stereocenters. The van der Waals surface area contributed by atoms with Gasteiger partial charge in [-0.15, -0.1) is 0 Å². The van der Waals surface area contributed by atoms with Crippen LogP contribution in [0.1, 0.15) is 17.8 Å². The minimum absolute atomic E-state index is 0.0109. The zero-order chi connectivity index (χ0) is 16.2. The van der Waals surface area contributed by atoms with E-state index in [0.717, 1.165) is 69.4 Å². The van der Waals surface area contributed by atoms with Gasteiger partial charge in [0.2, 0.25) is 0 Å². The van der Waals surface area contributed by atoms with Gasteiger partial charge in [0, 0.05) is 38.4 Å². The number of carbonyl (C=O) groups excluding carboxylic acids is 1. The van der Waals surface area contributed by atoms with Crippen LogP contribution in [0.5, 0.6) is 0 Å². The fourth-order valence-electron chi connectivity index (χ4n) is 3.33. The van der Waals surface area contributed by atoms with E-state index >= 15 is 0 Å². The molecule has 126 valence electrons. The maximum absolute atomic E-state index is 12.4. The molecule has 0 radical (unpaired) electrons. The Morgan fingerprint density at radius 3 is 2.83 bits per heavy atom. The number of anilines is 1. The Labute approximate surface area is 137 Å². The van der Waals surface area contributed by atoms with Gasteiger partial charge in [-0.25, -0.2) is 4.79 Å². The van der Waals surface area contributed by atoms with Crippen LogP contribution in [0.3, 0.4) is 0 Å². The summed E-state index contributed by atoms with van der Waals surface area (Å²) in [6, 6.07) is 3.84. The van der Waals surface area contributed by atoms with Crippen LogP contribution in [0, 0.1) is 19.8 Å². The number of nitrogens with one attached hydrogen (secondary N) is 1. The zero-order valence-corrected chi connectivity index (χ0v) is 14.0. The van der Waals surface area contributed by atoms with Gasteiger partial charge < -0.3 is 15.0 Å². The number of hydrogen-bond acceptors (Lipinski definition) is 4. The first-order valence-corrected chi connectivity index (χ1v) is 8.42. The number of amides is 2. The first kappa shape index (κ1) is 16.2. The molecule has 2 aliphatic heterocycles. The summed E-state index contributed by atoms with van der Waals surface area (Å²) in [5, 5.41) is 2.99. The van der Waals surface area contributed by atoms with E-state index < -0.39 is 0 Å². The second-order valence-corrected chi connectivity index (χ2v) is 6.53. The lowest BCUT2D eigenvalue weighted by atomic mass is 10.1. The fourth-order valence-corrected chi connectivity index (χ4v) is 3.33. The lowest BCUT2D eigenvalue weighted by molar-refractivity contribution is 0.0314. The molecule has 1 aromatic rings. The largest absolute Gasteiger partial charge is 0.379 e. The summed E-state index contributed by atoms with van der Waals surface area (Å²) in [7, 11) is 0. The van der Waals surface area contributed by atoms with Crippen molar-refractivity contribution in [3.05, 3.63) is 23.5 Å². The molecule has 6 heteroatoms. The van der Waals surface area contributed by atoms with Crippen molar-refractivity contribution in [1.29, 1.82) is 0 Å². The van der Waals surface area contributed by atoms with Gasteiger partial charge in [0.1, 0.15) is 0 Å². The highest BCUT2D eigenvalue weighted by Crippen LogP contribution is 2.20. The number of nitrogens with zero attached hydrogens (tertiary/aromatic N) is 3. The molecule has 23 heavy (non-hydrogen) atoms. The summed E-state index contributed by atoms with van der Waals surface area (Å²) in [6.07, 6.45) is 1.08. The van der Waals surface area contributed by atoms with Gasteiger partial charge in [-0.3, -0.25) is 9.88 Å². The number of likely N-dealkylation sites (tertiary alicyclic amines) is 1. The minimum Gasteiger partial charge on any atom is -0.379 e. The Hall–Kier alpha value is -1.66. The highest BCUT2D eigenvalue weighted by atomic mass is 16.5. The van der Waals surface area contributed by atoms with Gasteiger partial charge in [0.25, 0.3) is 0 Å². The van der Waals surface area contributed by atoms with Gasteiger partial charge in [0.05, 0.1) is 24.6 Å². The summed E-state index contributed by atoms with van der Waals surface area (Å²) in [6.45, 7) is 10.3. The van der Waals surface area contributed by atoms with E-state index in [9.17, 15) is 4.79 Å². The summed E-state index contributed by atoms with van der Waals surface area (Å²) < 4.78 is 5.39. The molecule has 3 rings (SSSR count). The van der Waals surface area contributed by atoms with Crippen LogP contribution in [-0.4, -0.2) is 66.8 Å². The van der Waals surface area contributed by atoms with Gasteiger partial charge >= 0.3 is 6.03 Å². The monoisotopic (exact) mass is 318 g/mol. The number of aromatic nitrogens is 1. The second-order valence-electron chi connectivity index (χ2n) is 6.53. The normalized spacial score (nSPS) is 22.3. The van der Waals surface area contributed by atoms with Crippen molar-refractivity contribution in [3.8, 4) is 0 Å². The maximum atomic E-state index is 12.4. The molecule has 2 fully saturated rings. The molecule has 0 saturated carbocycles. The Balaban J connectivity index is 1.50. The number of urea groups is 1. The molecule has 0 aliphatic carbocycles. The average molecular weight is 318 g/mol. The molecule has 0 spiro atoms. The summed E-state index contributed by atoms with van der Waals surface area (Å²) in [5.74, 6) is 0.566. The summed E-state index contributed by atoms with van der Waals surface area (Å²) >= 11 is 0. The molecule has 1 aromatic heterocycles. The van der Waals surface area contributed by atoms with Crippen LogP contribution in [-0.2, 0) is 4.74 Å². The van der Waals surface area contributed by atoms with E-state index in [1.807, 2.05) is 30.9 Å². The summed E-state index contributed by atoms with van der Waals surface area (Å²) in [5.41, 5.74) is 2.63. The lowest BCUT2D eigenvalue weighted by Gasteiger charge is -2.29. The first-order valence-electron chi connectivity index (χ1n) is 8.42. The average Bonchev–Trinajstić information content (AvgIpc) is 3.00. The third-order valence-corrected chi connectivity index (χ3v) is 4.66. The van der Waals surface area contributed by atoms with Crippen LogP contribution in [0.4, 0.5) is 10.5 Å². The number of carbonyl (C=O) groups is 1. The first-order chi connectivity index (χ1) is 11.1. The van der Waals surface area contributed by atoms with Crippen molar-refractivity contribution in [2.45, 2.75) is 20.3 Å². The van der Waals surface area contributed by atoms with E-state index in [-0.39, 0.29) is 6.03 Å². The van der Waals surface area contributed by atoms with Crippen LogP contribution < -0.4 is 5.32 Å². The molecule has 1 atom stereocenters. The van der Waals surface area contributed by atoms with Crippen molar-refractivity contribution in [1.82, 2.24) is 14.8 Å². The molecule has 2 amide bonds. The van der Waals surface area contributed by atoms with Gasteiger partial charge in [0.15, 0.2) is 0 Å². The van der Waals surface area contributed by atoms with Gasteiger partial charge in [-0.1, -0.05) is 0 Å². The molecule has 0 bridgehead atoms. The number of rotatable bonds is 3. The van der Waals surface area contributed by atoms with E-state index in [4.69, 9.17) is 4.74 Å². The predicted octanol–water partition coefficient (Wildman–Crippen LogP) is 1.88. The van der Waals surface area contributed by atoms with Crippen molar-refractivity contribution in [3.63, 3.8) is 0 Å². The molecule has 0 aromatic carbocycles. The van der Waals surface area contributed by atoms with Gasteiger partial charge in [-0.05, 0) is 38.3 Å². The number of ether oxygens (including phenoxy) is 1. The fraction of sp³-hybridized carbons (Fsp3) is 0.647. The van der Waals surface area contributed by atoms with E-state index in [2.05, 4.69) is 15.2 Å². The predicted molar refractivity (Wildman–Crippen MR) is 89.7 cm³/mol. The third-order valence-electron chi connectivity index (χ3n) is 4.66. The Bertz CT molecular complexity index is 558. The van der Waals surface area contributed by atoms with Crippen molar-refractivity contribution in [2.24, 2.45) is 5.92 Å². The zero-order valence-electron chi connectivity index (χ0n) is 14.0. The Kier molecular flexibility index (Phi) is 5.13. The number of morpholine rings is 1. The van der Waals surface area contributed by atoms with E-state index in [1.165, 1.54) is 0 Å². The van der Waals surface area contributed by atoms with Gasteiger partial charge in [-0.2, -0.15) is 0 Å². The highest BCUT2D eigenvalue weighted by Gasteiger charge is 2.28. The summed E-state index contributed by atoms with van der Waals surface area (Å²) in [4.78, 5) is 21.2. The van der Waals surface area contributed by atoms with Crippen LogP contribution in [0.15, 0.2) is 12.1 Å². The molecular formula is C17H26N4O2. The minimum atomic E-state index is -0.0109. The maximum Gasteiger partial charge on any atom is 0.321 e. The van der Waals surface area contributed by atoms with E-state index in [1.54, 1.807) is 0 Å². The number of aryl methyl sites for hydroxylation is 2. The molecule has 2 aliphatic rings. The van der Waals surface area contributed by atoms with Crippen molar-refractivity contribution < 1.29 is 9.53 Å². The van der Waals surface area contributed by atoms with E-state index in [0.29, 0.717) is 5.92 Å². The number of pyridine rings is 1.